The van der Waals surface area contributed by atoms with E-state index in [-0.39, 0.29) is 11.3 Å². The molecule has 32 heavy (non-hydrogen) atoms. The summed E-state index contributed by atoms with van der Waals surface area (Å²) in [5.41, 5.74) is 4.31. The summed E-state index contributed by atoms with van der Waals surface area (Å²) < 4.78 is 1.41. The SMILES string of the molecule is C=[N+]([O-])c1ccc2nc(-c3ccc(NC(=O)c4ccc(C(C)(C)C)cc4)cc3)n(O)c2c1. The van der Waals surface area contributed by atoms with E-state index in [2.05, 4.69) is 37.8 Å². The van der Waals surface area contributed by atoms with E-state index >= 15 is 0 Å². The Balaban J connectivity index is 1.54. The minimum Gasteiger partial charge on any atom is -0.619 e. The minimum atomic E-state index is -0.199. The van der Waals surface area contributed by atoms with Crippen LogP contribution in [-0.2, 0) is 5.41 Å². The first-order valence-electron chi connectivity index (χ1n) is 10.2. The van der Waals surface area contributed by atoms with Gasteiger partial charge in [-0.15, -0.1) is 0 Å². The number of imidazole rings is 1. The van der Waals surface area contributed by atoms with Gasteiger partial charge in [-0.05, 0) is 53.4 Å². The van der Waals surface area contributed by atoms with E-state index < -0.39 is 0 Å². The standard InChI is InChI=1S/C25H24N4O3/c1-25(2,3)18-9-5-17(6-10-18)24(30)26-19-11-7-16(8-12-19)23-27-21-14-13-20(28(4)31)15-22(21)29(23)32/h5-15,32H,4H2,1-3H3,(H,26,30). The largest absolute Gasteiger partial charge is 0.619 e. The third-order valence-corrected chi connectivity index (χ3v) is 5.32. The van der Waals surface area contributed by atoms with E-state index in [0.29, 0.717) is 44.1 Å². The molecule has 0 saturated carbocycles. The van der Waals surface area contributed by atoms with Gasteiger partial charge in [0.2, 0.25) is 5.69 Å². The van der Waals surface area contributed by atoms with E-state index in [1.165, 1.54) is 6.07 Å². The van der Waals surface area contributed by atoms with Crippen molar-refractivity contribution in [1.82, 2.24) is 9.71 Å². The Labute approximate surface area is 185 Å². The van der Waals surface area contributed by atoms with Gasteiger partial charge >= 0.3 is 0 Å². The smallest absolute Gasteiger partial charge is 0.255 e. The van der Waals surface area contributed by atoms with Gasteiger partial charge in [0.1, 0.15) is 12.2 Å². The van der Waals surface area contributed by atoms with Gasteiger partial charge in [-0.1, -0.05) is 32.9 Å². The van der Waals surface area contributed by atoms with Gasteiger partial charge < -0.3 is 15.7 Å². The van der Waals surface area contributed by atoms with E-state index in [4.69, 9.17) is 0 Å². The molecule has 0 bridgehead atoms. The summed E-state index contributed by atoms with van der Waals surface area (Å²) >= 11 is 0. The highest BCUT2D eigenvalue weighted by Crippen LogP contribution is 2.27. The molecule has 7 nitrogen and oxygen atoms in total. The zero-order valence-electron chi connectivity index (χ0n) is 18.2. The van der Waals surface area contributed by atoms with E-state index in [0.717, 1.165) is 10.3 Å². The number of nitrogens with one attached hydrogen (secondary N) is 1. The number of amides is 1. The number of carbonyl (C=O) groups is 1. The lowest BCUT2D eigenvalue weighted by Gasteiger charge is -2.19. The number of carbonyl (C=O) groups excluding carboxylic acids is 1. The first-order chi connectivity index (χ1) is 15.1. The molecule has 3 aromatic carbocycles. The van der Waals surface area contributed by atoms with Crippen LogP contribution in [0.3, 0.4) is 0 Å². The molecular weight excluding hydrogens is 404 g/mol. The van der Waals surface area contributed by atoms with Gasteiger partial charge in [-0.3, -0.25) is 4.79 Å². The Hall–Kier alpha value is -4.13. The predicted molar refractivity (Wildman–Crippen MR) is 126 cm³/mol. The number of benzene rings is 3. The lowest BCUT2D eigenvalue weighted by Crippen LogP contribution is -2.14. The molecule has 1 amide bonds. The Bertz CT molecular complexity index is 1310. The molecule has 1 aromatic heterocycles. The molecule has 0 aliphatic heterocycles. The lowest BCUT2D eigenvalue weighted by atomic mass is 9.87. The van der Waals surface area contributed by atoms with Crippen molar-refractivity contribution >= 4 is 35.0 Å². The predicted octanol–water partition coefficient (Wildman–Crippen LogP) is 5.33. The molecule has 4 rings (SSSR count). The third-order valence-electron chi connectivity index (χ3n) is 5.32. The quantitative estimate of drug-likeness (QED) is 0.151. The number of rotatable bonds is 4. The van der Waals surface area contributed by atoms with Crippen LogP contribution >= 0.6 is 0 Å². The fourth-order valence-corrected chi connectivity index (χ4v) is 3.42. The maximum absolute atomic E-state index is 12.6. The molecule has 2 N–H and O–H groups in total. The molecule has 0 aliphatic rings. The van der Waals surface area contributed by atoms with E-state index in [9.17, 15) is 15.2 Å². The van der Waals surface area contributed by atoms with Crippen LogP contribution in [0.5, 0.6) is 0 Å². The monoisotopic (exact) mass is 428 g/mol. The average Bonchev–Trinajstić information content (AvgIpc) is 3.09. The zero-order valence-corrected chi connectivity index (χ0v) is 18.2. The highest BCUT2D eigenvalue weighted by Gasteiger charge is 2.16. The summed E-state index contributed by atoms with van der Waals surface area (Å²) in [4.78, 5) is 17.0. The van der Waals surface area contributed by atoms with Crippen molar-refractivity contribution in [3.05, 3.63) is 83.1 Å². The van der Waals surface area contributed by atoms with Crippen LogP contribution in [0.4, 0.5) is 11.4 Å². The van der Waals surface area contributed by atoms with Gasteiger partial charge in [-0.2, -0.15) is 9.47 Å². The second kappa shape index (κ2) is 7.85. The molecule has 0 fully saturated rings. The molecule has 0 saturated heterocycles. The van der Waals surface area contributed by atoms with Gasteiger partial charge in [0.25, 0.3) is 5.91 Å². The Kier molecular flexibility index (Phi) is 5.18. The van der Waals surface area contributed by atoms with Crippen LogP contribution in [0.15, 0.2) is 66.7 Å². The Morgan fingerprint density at radius 1 is 1.06 bits per heavy atom. The van der Waals surface area contributed by atoms with Crippen molar-refractivity contribution < 1.29 is 14.7 Å². The minimum absolute atomic E-state index is 0.0252. The Morgan fingerprint density at radius 2 is 1.72 bits per heavy atom. The van der Waals surface area contributed by atoms with Crippen molar-refractivity contribution in [2.45, 2.75) is 26.2 Å². The third kappa shape index (κ3) is 4.05. The first-order valence-corrected chi connectivity index (χ1v) is 10.2. The second-order valence-electron chi connectivity index (χ2n) is 8.66. The van der Waals surface area contributed by atoms with E-state index in [1.807, 2.05) is 24.3 Å². The average molecular weight is 428 g/mol. The maximum Gasteiger partial charge on any atom is 0.255 e. The molecule has 0 radical (unpaired) electrons. The molecule has 0 spiro atoms. The van der Waals surface area contributed by atoms with Crippen LogP contribution < -0.4 is 5.32 Å². The van der Waals surface area contributed by atoms with Crippen LogP contribution in [0, 0.1) is 5.21 Å². The highest BCUT2D eigenvalue weighted by atomic mass is 16.5. The summed E-state index contributed by atoms with van der Waals surface area (Å²) in [7, 11) is 0. The fraction of sp³-hybridized carbons (Fsp3) is 0.160. The molecule has 162 valence electrons. The number of aromatic nitrogens is 2. The van der Waals surface area contributed by atoms with Crippen molar-refractivity contribution in [1.29, 1.82) is 0 Å². The normalized spacial score (nSPS) is 11.5. The Morgan fingerprint density at radius 3 is 2.31 bits per heavy atom. The molecule has 0 aliphatic carbocycles. The van der Waals surface area contributed by atoms with Crippen LogP contribution in [0.25, 0.3) is 22.4 Å². The number of nitrogens with zero attached hydrogens (tertiary/aromatic N) is 3. The van der Waals surface area contributed by atoms with E-state index in [1.54, 1.807) is 36.4 Å². The summed E-state index contributed by atoms with van der Waals surface area (Å²) in [6, 6.07) is 19.3. The summed E-state index contributed by atoms with van der Waals surface area (Å²) in [5, 5.41) is 24.8. The topological polar surface area (TPSA) is 93.2 Å². The molecule has 1 heterocycles. The zero-order chi connectivity index (χ0) is 23.0. The number of anilines is 1. The van der Waals surface area contributed by atoms with Crippen LogP contribution in [0.2, 0.25) is 0 Å². The summed E-state index contributed by atoms with van der Waals surface area (Å²) in [6.07, 6.45) is 0. The van der Waals surface area contributed by atoms with Gasteiger partial charge in [-0.25, -0.2) is 4.98 Å². The molecular formula is C25H24N4O3. The number of fused-ring (bicyclic) bond motifs is 1. The van der Waals surface area contributed by atoms with Gasteiger partial charge in [0.05, 0.1) is 5.52 Å². The second-order valence-corrected chi connectivity index (χ2v) is 8.66. The molecule has 4 aromatic rings. The molecule has 0 unspecified atom stereocenters. The summed E-state index contributed by atoms with van der Waals surface area (Å²) in [6.45, 7) is 9.70. The van der Waals surface area contributed by atoms with Gasteiger partial charge in [0.15, 0.2) is 5.82 Å². The lowest BCUT2D eigenvalue weighted by molar-refractivity contribution is -0.349. The molecule has 7 heteroatoms. The van der Waals surface area contributed by atoms with Gasteiger partial charge in [0, 0.05) is 28.9 Å². The van der Waals surface area contributed by atoms with Crippen molar-refractivity contribution in [3.63, 3.8) is 0 Å². The fourth-order valence-electron chi connectivity index (χ4n) is 3.42. The van der Waals surface area contributed by atoms with Crippen molar-refractivity contribution in [2.24, 2.45) is 0 Å². The van der Waals surface area contributed by atoms with Crippen molar-refractivity contribution in [2.75, 3.05) is 5.32 Å². The van der Waals surface area contributed by atoms with Crippen molar-refractivity contribution in [3.8, 4) is 11.4 Å². The van der Waals surface area contributed by atoms with Crippen LogP contribution in [-0.4, -0.2) is 32.3 Å². The van der Waals surface area contributed by atoms with Crippen LogP contribution in [0.1, 0.15) is 36.7 Å². The summed E-state index contributed by atoms with van der Waals surface area (Å²) in [5.74, 6) is 0.129. The first kappa shape index (κ1) is 21.1. The number of hydrogen-bond acceptors (Lipinski definition) is 4. The number of hydrogen-bond donors (Lipinski definition) is 2. The maximum atomic E-state index is 12.6. The molecule has 0 atom stereocenters. The highest BCUT2D eigenvalue weighted by molar-refractivity contribution is 6.04.